The summed E-state index contributed by atoms with van der Waals surface area (Å²) in [5.41, 5.74) is 0. The fraction of sp³-hybridized carbons (Fsp3) is 0.932. The number of hydrogen-bond acceptors (Lipinski definition) is 6. The first-order valence-electron chi connectivity index (χ1n) is 36.7. The van der Waals surface area contributed by atoms with Crippen molar-refractivity contribution in [1.29, 1.82) is 0 Å². The molecule has 0 saturated carbocycles. The average Bonchev–Trinajstić information content (AvgIpc) is 3.46. The van der Waals surface area contributed by atoms with Crippen LogP contribution < -0.4 is 0 Å². The number of unbranched alkanes of at least 4 members (excludes halogenated alkanes) is 56. The highest BCUT2D eigenvalue weighted by Gasteiger charge is 2.20. The van der Waals surface area contributed by atoms with Gasteiger partial charge in [0.05, 0.1) is 0 Å². The SMILES string of the molecule is CCCCC/C=C\CCCCCCCC(=O)OCC(COC(=O)CCCCCCCCCCCCCCCCCCCCCCCCCCCCCCCC)OC(=O)CCCCCCCCCCCCCCCCCCCCCC. The summed E-state index contributed by atoms with van der Waals surface area (Å²) in [6, 6.07) is 0. The van der Waals surface area contributed by atoms with E-state index in [2.05, 4.69) is 32.9 Å². The molecule has 0 aliphatic rings. The van der Waals surface area contributed by atoms with Gasteiger partial charge >= 0.3 is 17.9 Å². The van der Waals surface area contributed by atoms with Gasteiger partial charge in [-0.05, 0) is 44.9 Å². The van der Waals surface area contributed by atoms with Gasteiger partial charge in [-0.15, -0.1) is 0 Å². The van der Waals surface area contributed by atoms with E-state index in [1.54, 1.807) is 0 Å². The lowest BCUT2D eigenvalue weighted by Crippen LogP contribution is -2.30. The fourth-order valence-corrected chi connectivity index (χ4v) is 11.5. The Bertz CT molecular complexity index is 1250. The molecule has 6 heteroatoms. The van der Waals surface area contributed by atoms with Gasteiger partial charge in [-0.3, -0.25) is 14.4 Å². The quantitative estimate of drug-likeness (QED) is 0.0261. The van der Waals surface area contributed by atoms with E-state index in [0.717, 1.165) is 64.2 Å². The molecule has 0 spiro atoms. The molecule has 6 nitrogen and oxygen atoms in total. The highest BCUT2D eigenvalue weighted by Crippen LogP contribution is 2.20. The van der Waals surface area contributed by atoms with Crippen LogP contribution in [0.5, 0.6) is 0 Å². The van der Waals surface area contributed by atoms with Crippen LogP contribution in [0.3, 0.4) is 0 Å². The van der Waals surface area contributed by atoms with Crippen LogP contribution in [0, 0.1) is 0 Å². The Morgan fingerprint density at radius 1 is 0.237 bits per heavy atom. The summed E-state index contributed by atoms with van der Waals surface area (Å²) in [7, 11) is 0. The predicted molar refractivity (Wildman–Crippen MR) is 349 cm³/mol. The maximum Gasteiger partial charge on any atom is 0.306 e. The zero-order valence-corrected chi connectivity index (χ0v) is 54.6. The Balaban J connectivity index is 4.11. The molecule has 0 aromatic heterocycles. The minimum atomic E-state index is -0.769. The van der Waals surface area contributed by atoms with Gasteiger partial charge in [0.25, 0.3) is 0 Å². The van der Waals surface area contributed by atoms with E-state index < -0.39 is 6.10 Å². The Hall–Kier alpha value is -1.85. The number of rotatable bonds is 69. The minimum Gasteiger partial charge on any atom is -0.462 e. The average molecular weight is 1130 g/mol. The summed E-state index contributed by atoms with van der Waals surface area (Å²) in [5.74, 6) is -0.840. The third-order valence-electron chi connectivity index (χ3n) is 17.0. The fourth-order valence-electron chi connectivity index (χ4n) is 11.5. The van der Waals surface area contributed by atoms with Crippen LogP contribution in [-0.2, 0) is 28.6 Å². The number of ether oxygens (including phenoxy) is 3. The Labute approximate surface area is 501 Å². The molecule has 0 radical (unpaired) electrons. The second kappa shape index (κ2) is 69.6. The van der Waals surface area contributed by atoms with Crippen LogP contribution in [0.4, 0.5) is 0 Å². The monoisotopic (exact) mass is 1130 g/mol. The maximum absolute atomic E-state index is 12.9. The molecular weight excluding hydrogens is 985 g/mol. The summed E-state index contributed by atoms with van der Waals surface area (Å²) in [4.78, 5) is 38.4. The second-order valence-corrected chi connectivity index (χ2v) is 25.2. The van der Waals surface area contributed by atoms with E-state index in [1.807, 2.05) is 0 Å². The van der Waals surface area contributed by atoms with Crippen LogP contribution in [0.1, 0.15) is 425 Å². The molecular formula is C74H142O6. The third-order valence-corrected chi connectivity index (χ3v) is 17.0. The number of carbonyl (C=O) groups is 3. The van der Waals surface area contributed by atoms with Crippen LogP contribution >= 0.6 is 0 Å². The zero-order chi connectivity index (χ0) is 57.8. The first-order valence-corrected chi connectivity index (χ1v) is 36.7. The van der Waals surface area contributed by atoms with Gasteiger partial charge in [-0.1, -0.05) is 373 Å². The van der Waals surface area contributed by atoms with Crippen LogP contribution in [0.2, 0.25) is 0 Å². The molecule has 80 heavy (non-hydrogen) atoms. The zero-order valence-electron chi connectivity index (χ0n) is 54.6. The summed E-state index contributed by atoms with van der Waals surface area (Å²) >= 11 is 0. The smallest absolute Gasteiger partial charge is 0.306 e. The largest absolute Gasteiger partial charge is 0.462 e. The number of esters is 3. The van der Waals surface area contributed by atoms with Gasteiger partial charge in [-0.25, -0.2) is 0 Å². The Kier molecular flexibility index (Phi) is 68.0. The van der Waals surface area contributed by atoms with Gasteiger partial charge in [0.2, 0.25) is 0 Å². The summed E-state index contributed by atoms with van der Waals surface area (Å²) in [6.45, 7) is 6.70. The molecule has 1 unspecified atom stereocenters. The van der Waals surface area contributed by atoms with Crippen molar-refractivity contribution in [2.24, 2.45) is 0 Å². The number of carbonyl (C=O) groups excluding carboxylic acids is 3. The van der Waals surface area contributed by atoms with Crippen molar-refractivity contribution in [2.75, 3.05) is 13.2 Å². The number of allylic oxidation sites excluding steroid dienone is 2. The molecule has 0 heterocycles. The molecule has 0 bridgehead atoms. The normalized spacial score (nSPS) is 12.0. The highest BCUT2D eigenvalue weighted by molar-refractivity contribution is 5.71. The van der Waals surface area contributed by atoms with Crippen molar-refractivity contribution in [3.8, 4) is 0 Å². The van der Waals surface area contributed by atoms with Crippen molar-refractivity contribution < 1.29 is 28.6 Å². The van der Waals surface area contributed by atoms with Crippen LogP contribution in [-0.4, -0.2) is 37.2 Å². The molecule has 0 aliphatic carbocycles. The van der Waals surface area contributed by atoms with Crippen molar-refractivity contribution in [2.45, 2.75) is 431 Å². The van der Waals surface area contributed by atoms with E-state index in [9.17, 15) is 14.4 Å². The lowest BCUT2D eigenvalue weighted by molar-refractivity contribution is -0.167. The molecule has 0 aromatic carbocycles. The molecule has 0 aliphatic heterocycles. The van der Waals surface area contributed by atoms with Crippen LogP contribution in [0.25, 0.3) is 0 Å². The van der Waals surface area contributed by atoms with Crippen molar-refractivity contribution in [3.63, 3.8) is 0 Å². The van der Waals surface area contributed by atoms with Crippen molar-refractivity contribution in [3.05, 3.63) is 12.2 Å². The molecule has 0 fully saturated rings. The summed E-state index contributed by atoms with van der Waals surface area (Å²) in [5, 5.41) is 0. The minimum absolute atomic E-state index is 0.0657. The lowest BCUT2D eigenvalue weighted by Gasteiger charge is -2.18. The molecule has 0 rings (SSSR count). The van der Waals surface area contributed by atoms with E-state index in [0.29, 0.717) is 19.3 Å². The predicted octanol–water partition coefficient (Wildman–Crippen LogP) is 25.2. The standard InChI is InChI=1S/C74H142O6/c1-4-7-10-13-16-19-22-25-27-29-31-33-34-35-36-37-38-39-40-41-42-44-45-47-49-52-55-58-61-64-67-73(76)79-70-71(69-78-72(75)66-63-60-57-54-51-24-21-18-15-12-9-6-3)80-74(77)68-65-62-59-56-53-50-48-46-43-32-30-28-26-23-20-17-14-11-8-5-2/h18,21,71H,4-17,19-20,22-70H2,1-3H3/b21-18-. The van der Waals surface area contributed by atoms with E-state index >= 15 is 0 Å². The van der Waals surface area contributed by atoms with Gasteiger partial charge in [-0.2, -0.15) is 0 Å². The Morgan fingerprint density at radius 3 is 0.650 bits per heavy atom. The second-order valence-electron chi connectivity index (χ2n) is 25.2. The molecule has 0 aromatic rings. The first kappa shape index (κ1) is 78.1. The Morgan fingerprint density at radius 2 is 0.412 bits per heavy atom. The molecule has 474 valence electrons. The van der Waals surface area contributed by atoms with Gasteiger partial charge in [0, 0.05) is 19.3 Å². The van der Waals surface area contributed by atoms with E-state index in [1.165, 1.54) is 321 Å². The third kappa shape index (κ3) is 66.9. The van der Waals surface area contributed by atoms with Crippen LogP contribution in [0.15, 0.2) is 12.2 Å². The van der Waals surface area contributed by atoms with Gasteiger partial charge in [0.1, 0.15) is 13.2 Å². The highest BCUT2D eigenvalue weighted by atomic mass is 16.6. The summed E-state index contributed by atoms with van der Waals surface area (Å²) in [6.07, 6.45) is 84.1. The molecule has 1 atom stereocenters. The van der Waals surface area contributed by atoms with Crippen molar-refractivity contribution >= 4 is 17.9 Å². The van der Waals surface area contributed by atoms with E-state index in [-0.39, 0.29) is 31.1 Å². The van der Waals surface area contributed by atoms with Gasteiger partial charge in [0.15, 0.2) is 6.10 Å². The first-order chi connectivity index (χ1) is 39.5. The van der Waals surface area contributed by atoms with Gasteiger partial charge < -0.3 is 14.2 Å². The topological polar surface area (TPSA) is 78.9 Å². The van der Waals surface area contributed by atoms with Crippen molar-refractivity contribution in [1.82, 2.24) is 0 Å². The molecule has 0 saturated heterocycles. The van der Waals surface area contributed by atoms with E-state index in [4.69, 9.17) is 14.2 Å². The lowest BCUT2D eigenvalue weighted by atomic mass is 10.0. The maximum atomic E-state index is 12.9. The molecule has 0 amide bonds. The number of hydrogen-bond donors (Lipinski definition) is 0. The molecule has 0 N–H and O–H groups in total. The summed E-state index contributed by atoms with van der Waals surface area (Å²) < 4.78 is 17.0.